The fourth-order valence-electron chi connectivity index (χ4n) is 2.72. The topological polar surface area (TPSA) is 42.7 Å². The Balaban J connectivity index is 1.91. The SMILES string of the molecule is Cc1cccc(Cn2nc(CNC(C)(C)C)c(-c3ccccc3)n2)c1. The van der Waals surface area contributed by atoms with Crippen LogP contribution in [-0.2, 0) is 13.1 Å². The van der Waals surface area contributed by atoms with E-state index in [1.807, 2.05) is 18.2 Å². The van der Waals surface area contributed by atoms with Gasteiger partial charge in [0.15, 0.2) is 0 Å². The maximum Gasteiger partial charge on any atom is 0.117 e. The molecule has 2 aromatic carbocycles. The molecule has 0 aliphatic carbocycles. The van der Waals surface area contributed by atoms with E-state index in [0.717, 1.165) is 17.0 Å². The van der Waals surface area contributed by atoms with Gasteiger partial charge < -0.3 is 5.32 Å². The van der Waals surface area contributed by atoms with Crippen LogP contribution in [0.3, 0.4) is 0 Å². The molecule has 4 nitrogen and oxygen atoms in total. The van der Waals surface area contributed by atoms with Crippen molar-refractivity contribution in [3.63, 3.8) is 0 Å². The molecule has 25 heavy (non-hydrogen) atoms. The number of nitrogens with zero attached hydrogens (tertiary/aromatic N) is 3. The Morgan fingerprint density at radius 1 is 0.960 bits per heavy atom. The summed E-state index contributed by atoms with van der Waals surface area (Å²) in [6.45, 7) is 9.96. The van der Waals surface area contributed by atoms with Crippen molar-refractivity contribution in [3.05, 3.63) is 71.4 Å². The van der Waals surface area contributed by atoms with Gasteiger partial charge in [0.05, 0.1) is 6.54 Å². The second-order valence-corrected chi connectivity index (χ2v) is 7.48. The molecule has 0 amide bonds. The zero-order chi connectivity index (χ0) is 17.9. The van der Waals surface area contributed by atoms with Crippen LogP contribution in [-0.4, -0.2) is 20.5 Å². The summed E-state index contributed by atoms with van der Waals surface area (Å²) in [5.74, 6) is 0. The van der Waals surface area contributed by atoms with Gasteiger partial charge in [-0.2, -0.15) is 15.0 Å². The molecule has 130 valence electrons. The summed E-state index contributed by atoms with van der Waals surface area (Å²) in [5.41, 5.74) is 5.53. The molecule has 0 bridgehead atoms. The molecule has 0 saturated carbocycles. The summed E-state index contributed by atoms with van der Waals surface area (Å²) in [5, 5.41) is 13.0. The molecule has 0 atom stereocenters. The van der Waals surface area contributed by atoms with Crippen LogP contribution in [0.1, 0.15) is 37.6 Å². The first-order valence-electron chi connectivity index (χ1n) is 8.71. The van der Waals surface area contributed by atoms with Crippen LogP contribution >= 0.6 is 0 Å². The Labute approximate surface area is 149 Å². The third-order valence-electron chi connectivity index (χ3n) is 3.96. The van der Waals surface area contributed by atoms with Gasteiger partial charge in [0.2, 0.25) is 0 Å². The Morgan fingerprint density at radius 2 is 1.72 bits per heavy atom. The van der Waals surface area contributed by atoms with Crippen molar-refractivity contribution in [2.75, 3.05) is 0 Å². The van der Waals surface area contributed by atoms with Gasteiger partial charge >= 0.3 is 0 Å². The minimum atomic E-state index is 0.0360. The maximum absolute atomic E-state index is 4.77. The van der Waals surface area contributed by atoms with E-state index in [0.29, 0.717) is 13.1 Å². The summed E-state index contributed by atoms with van der Waals surface area (Å²) in [4.78, 5) is 1.80. The number of aromatic nitrogens is 3. The Kier molecular flexibility index (Phi) is 5.00. The molecule has 1 N–H and O–H groups in total. The van der Waals surface area contributed by atoms with Gasteiger partial charge in [-0.3, -0.25) is 0 Å². The number of benzene rings is 2. The predicted octanol–water partition coefficient (Wildman–Crippen LogP) is 4.19. The summed E-state index contributed by atoms with van der Waals surface area (Å²) in [7, 11) is 0. The average Bonchev–Trinajstić information content (AvgIpc) is 2.96. The molecular formula is C21H26N4. The molecule has 3 aromatic rings. The highest BCUT2D eigenvalue weighted by Gasteiger charge is 2.16. The van der Waals surface area contributed by atoms with Crippen molar-refractivity contribution in [3.8, 4) is 11.3 Å². The summed E-state index contributed by atoms with van der Waals surface area (Å²) in [6, 6.07) is 18.7. The van der Waals surface area contributed by atoms with Crippen LogP contribution in [0.15, 0.2) is 54.6 Å². The van der Waals surface area contributed by atoms with Gasteiger partial charge in [-0.1, -0.05) is 60.2 Å². The quantitative estimate of drug-likeness (QED) is 0.761. The van der Waals surface area contributed by atoms with E-state index in [4.69, 9.17) is 10.2 Å². The predicted molar refractivity (Wildman–Crippen MR) is 102 cm³/mol. The summed E-state index contributed by atoms with van der Waals surface area (Å²) >= 11 is 0. The fraction of sp³-hybridized carbons (Fsp3) is 0.333. The lowest BCUT2D eigenvalue weighted by Gasteiger charge is -2.19. The standard InChI is InChI=1S/C21H26N4/c1-16-9-8-10-17(13-16)15-25-23-19(14-22-21(2,3)4)20(24-25)18-11-6-5-7-12-18/h5-13,22H,14-15H2,1-4H3. The van der Waals surface area contributed by atoms with Gasteiger partial charge in [-0.05, 0) is 33.3 Å². The Hall–Kier alpha value is -2.46. The van der Waals surface area contributed by atoms with Crippen molar-refractivity contribution in [1.29, 1.82) is 0 Å². The van der Waals surface area contributed by atoms with Gasteiger partial charge in [-0.25, -0.2) is 0 Å². The molecule has 4 heteroatoms. The molecule has 0 radical (unpaired) electrons. The molecule has 0 unspecified atom stereocenters. The van der Waals surface area contributed by atoms with Gasteiger partial charge in [0.25, 0.3) is 0 Å². The molecule has 0 aliphatic rings. The largest absolute Gasteiger partial charge is 0.306 e. The smallest absolute Gasteiger partial charge is 0.117 e. The van der Waals surface area contributed by atoms with Crippen molar-refractivity contribution < 1.29 is 0 Å². The highest BCUT2D eigenvalue weighted by atomic mass is 15.5. The van der Waals surface area contributed by atoms with Crippen LogP contribution in [0, 0.1) is 6.92 Å². The average molecular weight is 334 g/mol. The minimum Gasteiger partial charge on any atom is -0.306 e. The van der Waals surface area contributed by atoms with E-state index in [-0.39, 0.29) is 5.54 Å². The zero-order valence-electron chi connectivity index (χ0n) is 15.5. The van der Waals surface area contributed by atoms with Crippen molar-refractivity contribution >= 4 is 0 Å². The molecular weight excluding hydrogens is 308 g/mol. The number of rotatable bonds is 5. The summed E-state index contributed by atoms with van der Waals surface area (Å²) in [6.07, 6.45) is 0. The van der Waals surface area contributed by atoms with E-state index in [2.05, 4.69) is 69.4 Å². The third-order valence-corrected chi connectivity index (χ3v) is 3.96. The Bertz CT molecular complexity index is 829. The van der Waals surface area contributed by atoms with Gasteiger partial charge in [0.1, 0.15) is 11.4 Å². The third kappa shape index (κ3) is 4.77. The molecule has 3 rings (SSSR count). The van der Waals surface area contributed by atoms with Crippen molar-refractivity contribution in [2.24, 2.45) is 0 Å². The monoisotopic (exact) mass is 334 g/mol. The molecule has 0 aliphatic heterocycles. The van der Waals surface area contributed by atoms with E-state index >= 15 is 0 Å². The Morgan fingerprint density at radius 3 is 2.40 bits per heavy atom. The minimum absolute atomic E-state index is 0.0360. The first kappa shape index (κ1) is 17.4. The van der Waals surface area contributed by atoms with E-state index < -0.39 is 0 Å². The molecule has 1 heterocycles. The first-order valence-corrected chi connectivity index (χ1v) is 8.71. The van der Waals surface area contributed by atoms with E-state index in [1.165, 1.54) is 11.1 Å². The molecule has 0 saturated heterocycles. The lowest BCUT2D eigenvalue weighted by molar-refractivity contribution is 0.419. The van der Waals surface area contributed by atoms with Crippen LogP contribution in [0.25, 0.3) is 11.3 Å². The van der Waals surface area contributed by atoms with Crippen LogP contribution in [0.2, 0.25) is 0 Å². The number of aryl methyl sites for hydroxylation is 1. The molecule has 1 aromatic heterocycles. The molecule has 0 fully saturated rings. The highest BCUT2D eigenvalue weighted by Crippen LogP contribution is 2.21. The normalized spacial score (nSPS) is 11.7. The van der Waals surface area contributed by atoms with Crippen LogP contribution in [0.4, 0.5) is 0 Å². The van der Waals surface area contributed by atoms with E-state index in [1.54, 1.807) is 4.80 Å². The van der Waals surface area contributed by atoms with E-state index in [9.17, 15) is 0 Å². The van der Waals surface area contributed by atoms with Gasteiger partial charge in [-0.15, -0.1) is 0 Å². The highest BCUT2D eigenvalue weighted by molar-refractivity contribution is 5.60. The number of nitrogens with one attached hydrogen (secondary N) is 1. The van der Waals surface area contributed by atoms with Crippen LogP contribution < -0.4 is 5.32 Å². The maximum atomic E-state index is 4.77. The zero-order valence-corrected chi connectivity index (χ0v) is 15.5. The number of hydrogen-bond donors (Lipinski definition) is 1. The van der Waals surface area contributed by atoms with Gasteiger partial charge in [0, 0.05) is 17.6 Å². The van der Waals surface area contributed by atoms with Crippen molar-refractivity contribution in [2.45, 2.75) is 46.3 Å². The lowest BCUT2D eigenvalue weighted by Crippen LogP contribution is -2.35. The fourth-order valence-corrected chi connectivity index (χ4v) is 2.72. The molecule has 0 spiro atoms. The van der Waals surface area contributed by atoms with Crippen LogP contribution in [0.5, 0.6) is 0 Å². The summed E-state index contributed by atoms with van der Waals surface area (Å²) < 4.78 is 0. The first-order chi connectivity index (χ1) is 11.9. The second-order valence-electron chi connectivity index (χ2n) is 7.48. The lowest BCUT2D eigenvalue weighted by atomic mass is 10.1. The number of hydrogen-bond acceptors (Lipinski definition) is 3. The van der Waals surface area contributed by atoms with Crippen molar-refractivity contribution in [1.82, 2.24) is 20.3 Å². The second kappa shape index (κ2) is 7.19.